The summed E-state index contributed by atoms with van der Waals surface area (Å²) in [7, 11) is 0. The molecule has 0 aromatic carbocycles. The minimum absolute atomic E-state index is 0.904. The van der Waals surface area contributed by atoms with Crippen LogP contribution in [0.4, 0.5) is 0 Å². The Labute approximate surface area is 70.8 Å². The zero-order valence-corrected chi connectivity index (χ0v) is 8.17. The molecule has 1 unspecified atom stereocenters. The third-order valence-corrected chi connectivity index (χ3v) is 1.94. The predicted octanol–water partition coefficient (Wildman–Crippen LogP) is 3.31. The van der Waals surface area contributed by atoms with Crippen LogP contribution in [-0.2, 0) is 20.4 Å². The molecule has 1 atom stereocenters. The zero-order chi connectivity index (χ0) is 7.11. The Kier molecular flexibility index (Phi) is 7.37. The molecule has 0 radical (unpaired) electrons. The molecule has 1 heteroatoms. The van der Waals surface area contributed by atoms with E-state index in [-0.39, 0.29) is 0 Å². The Bertz CT molecular complexity index is 50.5. The summed E-state index contributed by atoms with van der Waals surface area (Å²) in [6.07, 6.45) is 7.07. The molecule has 0 amide bonds. The second-order valence-corrected chi connectivity index (χ2v) is 4.29. The summed E-state index contributed by atoms with van der Waals surface area (Å²) in [6, 6.07) is 0. The van der Waals surface area contributed by atoms with Crippen LogP contribution in [0.15, 0.2) is 0 Å². The molecule has 0 aliphatic carbocycles. The van der Waals surface area contributed by atoms with Crippen molar-refractivity contribution in [2.24, 2.45) is 0 Å². The molecular weight excluding hydrogens is 144 g/mol. The molecule has 0 aliphatic rings. The van der Waals surface area contributed by atoms with Crippen LogP contribution in [0.3, 0.4) is 0 Å². The number of hydrogen-bond donors (Lipinski definition) is 0. The van der Waals surface area contributed by atoms with E-state index in [1.165, 1.54) is 32.1 Å². The number of hydrogen-bond acceptors (Lipinski definition) is 0. The van der Waals surface area contributed by atoms with Crippen molar-refractivity contribution in [3.05, 3.63) is 0 Å². The van der Waals surface area contributed by atoms with Crippen LogP contribution >= 0.6 is 0 Å². The molecule has 0 saturated carbocycles. The van der Waals surface area contributed by atoms with Crippen LogP contribution in [-0.4, -0.2) is 0 Å². The molecule has 0 aliphatic heterocycles. The monoisotopic (exact) mass is 161 g/mol. The third kappa shape index (κ3) is 8.71. The van der Waals surface area contributed by atoms with E-state index in [0.717, 1.165) is 4.22 Å². The van der Waals surface area contributed by atoms with Gasteiger partial charge in [0.25, 0.3) is 0 Å². The summed E-state index contributed by atoms with van der Waals surface area (Å²) in [5, 5.41) is 0. The molecular formula is C8H17Ti. The maximum absolute atomic E-state index is 2.30. The number of unbranched alkanes of at least 4 members (excludes halogenated alkanes) is 3. The Morgan fingerprint density at radius 1 is 1.22 bits per heavy atom. The summed E-state index contributed by atoms with van der Waals surface area (Å²) in [4.78, 5) is 0. The predicted molar refractivity (Wildman–Crippen MR) is 38.2 cm³/mol. The van der Waals surface area contributed by atoms with Crippen molar-refractivity contribution in [3.8, 4) is 0 Å². The van der Waals surface area contributed by atoms with Crippen molar-refractivity contribution >= 4 is 0 Å². The van der Waals surface area contributed by atoms with Crippen molar-refractivity contribution in [1.29, 1.82) is 0 Å². The molecule has 0 saturated heterocycles. The average Bonchev–Trinajstić information content (AvgIpc) is 1.80. The zero-order valence-electron chi connectivity index (χ0n) is 6.61. The van der Waals surface area contributed by atoms with Gasteiger partial charge in [-0.25, -0.2) is 0 Å². The van der Waals surface area contributed by atoms with Gasteiger partial charge in [-0.05, 0) is 0 Å². The van der Waals surface area contributed by atoms with Crippen molar-refractivity contribution < 1.29 is 20.4 Å². The van der Waals surface area contributed by atoms with Gasteiger partial charge in [0.2, 0.25) is 0 Å². The Morgan fingerprint density at radius 2 is 1.89 bits per heavy atom. The van der Waals surface area contributed by atoms with Crippen LogP contribution in [0.1, 0.15) is 46.0 Å². The molecule has 53 valence electrons. The van der Waals surface area contributed by atoms with Crippen molar-refractivity contribution in [2.45, 2.75) is 50.2 Å². The summed E-state index contributed by atoms with van der Waals surface area (Å²) < 4.78 is 0.904. The van der Waals surface area contributed by atoms with E-state index in [9.17, 15) is 0 Å². The second-order valence-electron chi connectivity index (χ2n) is 2.75. The average molecular weight is 161 g/mol. The van der Waals surface area contributed by atoms with Crippen molar-refractivity contribution in [1.82, 2.24) is 0 Å². The van der Waals surface area contributed by atoms with Crippen LogP contribution in [0.5, 0.6) is 0 Å². The van der Waals surface area contributed by atoms with Gasteiger partial charge in [-0.3, -0.25) is 0 Å². The quantitative estimate of drug-likeness (QED) is 0.428. The van der Waals surface area contributed by atoms with E-state index in [1.54, 1.807) is 0 Å². The first-order valence-corrected chi connectivity index (χ1v) is 4.88. The van der Waals surface area contributed by atoms with Crippen LogP contribution in [0.2, 0.25) is 4.22 Å². The van der Waals surface area contributed by atoms with Gasteiger partial charge in [-0.1, -0.05) is 0 Å². The van der Waals surface area contributed by atoms with Crippen LogP contribution in [0, 0.1) is 0 Å². The maximum atomic E-state index is 2.30. The van der Waals surface area contributed by atoms with Gasteiger partial charge in [0.1, 0.15) is 0 Å². The van der Waals surface area contributed by atoms with Gasteiger partial charge in [-0.15, -0.1) is 0 Å². The topological polar surface area (TPSA) is 0 Å². The fourth-order valence-electron chi connectivity index (χ4n) is 0.877. The van der Waals surface area contributed by atoms with Crippen molar-refractivity contribution in [3.63, 3.8) is 0 Å². The molecule has 0 heterocycles. The molecule has 0 N–H and O–H groups in total. The SMILES string of the molecule is CCCCCC[CH](C)[Ti]. The third-order valence-electron chi connectivity index (χ3n) is 1.49. The first-order valence-electron chi connectivity index (χ1n) is 3.98. The van der Waals surface area contributed by atoms with E-state index in [2.05, 4.69) is 34.3 Å². The molecule has 0 aromatic rings. The Morgan fingerprint density at radius 3 is 2.33 bits per heavy atom. The van der Waals surface area contributed by atoms with Gasteiger partial charge in [0.15, 0.2) is 0 Å². The van der Waals surface area contributed by atoms with Crippen LogP contribution < -0.4 is 0 Å². The molecule has 0 aromatic heterocycles. The standard InChI is InChI=1S/C8H17.Ti/c1-3-5-7-8-6-4-2;/h3H,4-8H2,1-2H3;. The Hall–Kier alpha value is 0.714. The minimum atomic E-state index is 0.904. The molecule has 0 nitrogen and oxygen atoms in total. The van der Waals surface area contributed by atoms with E-state index in [0.29, 0.717) is 0 Å². The van der Waals surface area contributed by atoms with Gasteiger partial charge in [-0.2, -0.15) is 0 Å². The molecule has 0 spiro atoms. The van der Waals surface area contributed by atoms with Crippen molar-refractivity contribution in [2.75, 3.05) is 0 Å². The molecule has 0 rings (SSSR count). The summed E-state index contributed by atoms with van der Waals surface area (Å²) >= 11 is 2.30. The molecule has 0 fully saturated rings. The molecule has 9 heavy (non-hydrogen) atoms. The van der Waals surface area contributed by atoms with E-state index < -0.39 is 0 Å². The fraction of sp³-hybridized carbons (Fsp3) is 1.00. The number of rotatable bonds is 5. The molecule has 0 bridgehead atoms. The summed E-state index contributed by atoms with van der Waals surface area (Å²) in [5.74, 6) is 0. The Balaban J connectivity index is 2.75. The second kappa shape index (κ2) is 6.83. The normalized spacial score (nSPS) is 13.4. The first-order chi connectivity index (χ1) is 4.27. The first kappa shape index (κ1) is 9.71. The van der Waals surface area contributed by atoms with E-state index in [1.807, 2.05) is 0 Å². The summed E-state index contributed by atoms with van der Waals surface area (Å²) in [6.45, 7) is 4.56. The fourth-order valence-corrected chi connectivity index (χ4v) is 1.20. The van der Waals surface area contributed by atoms with Crippen LogP contribution in [0.25, 0.3) is 0 Å². The van der Waals surface area contributed by atoms with E-state index >= 15 is 0 Å². The van der Waals surface area contributed by atoms with E-state index in [4.69, 9.17) is 0 Å². The van der Waals surface area contributed by atoms with Gasteiger partial charge >= 0.3 is 70.6 Å². The van der Waals surface area contributed by atoms with Gasteiger partial charge in [0, 0.05) is 0 Å². The summed E-state index contributed by atoms with van der Waals surface area (Å²) in [5.41, 5.74) is 0. The van der Waals surface area contributed by atoms with Gasteiger partial charge in [0.05, 0.1) is 0 Å². The van der Waals surface area contributed by atoms with Gasteiger partial charge < -0.3 is 0 Å².